The van der Waals surface area contributed by atoms with Gasteiger partial charge in [-0.15, -0.1) is 0 Å². The van der Waals surface area contributed by atoms with Gasteiger partial charge in [0.1, 0.15) is 0 Å². The maximum Gasteiger partial charge on any atom is 0.0808 e. The fraction of sp³-hybridized carbons (Fsp3) is 0.667. The van der Waals surface area contributed by atoms with E-state index in [4.69, 9.17) is 10.5 Å². The van der Waals surface area contributed by atoms with E-state index in [0.717, 1.165) is 18.8 Å². The number of aryl methyl sites for hydroxylation is 1. The lowest BCUT2D eigenvalue weighted by Crippen LogP contribution is -2.44. The third-order valence-electron chi connectivity index (χ3n) is 4.88. The lowest BCUT2D eigenvalue weighted by molar-refractivity contribution is -0.0817. The summed E-state index contributed by atoms with van der Waals surface area (Å²) in [6.07, 6.45) is 7.46. The van der Waals surface area contributed by atoms with Crippen molar-refractivity contribution in [2.45, 2.75) is 64.6 Å². The zero-order valence-electron chi connectivity index (χ0n) is 13.0. The standard InChI is InChI=1S/C18H29NO/c1-3-6-16-9-11-18(14-19,12-10-16)20-13-17-8-5-4-7-15(17)2/h4-5,7-8,16H,3,6,9-14,19H2,1-2H3. The highest BCUT2D eigenvalue weighted by Crippen LogP contribution is 2.36. The van der Waals surface area contributed by atoms with Crippen LogP contribution in [0.25, 0.3) is 0 Å². The number of hydrogen-bond donors (Lipinski definition) is 1. The number of benzene rings is 1. The molecule has 0 unspecified atom stereocenters. The molecule has 2 N–H and O–H groups in total. The molecule has 0 spiro atoms. The highest BCUT2D eigenvalue weighted by atomic mass is 16.5. The van der Waals surface area contributed by atoms with Crippen LogP contribution in [0.3, 0.4) is 0 Å². The van der Waals surface area contributed by atoms with Gasteiger partial charge in [0.15, 0.2) is 0 Å². The molecule has 2 rings (SSSR count). The predicted octanol–water partition coefficient (Wildman–Crippen LogP) is 4.20. The van der Waals surface area contributed by atoms with E-state index in [2.05, 4.69) is 38.1 Å². The predicted molar refractivity (Wildman–Crippen MR) is 84.6 cm³/mol. The summed E-state index contributed by atoms with van der Waals surface area (Å²) in [5, 5.41) is 0. The first kappa shape index (κ1) is 15.5. The summed E-state index contributed by atoms with van der Waals surface area (Å²) in [5.74, 6) is 0.890. The van der Waals surface area contributed by atoms with E-state index in [-0.39, 0.29) is 5.60 Å². The number of hydrogen-bond acceptors (Lipinski definition) is 2. The third kappa shape index (κ3) is 3.83. The molecule has 1 fully saturated rings. The van der Waals surface area contributed by atoms with E-state index in [1.165, 1.54) is 36.8 Å². The third-order valence-corrected chi connectivity index (χ3v) is 4.88. The monoisotopic (exact) mass is 275 g/mol. The number of rotatable bonds is 6. The van der Waals surface area contributed by atoms with Crippen LogP contribution in [-0.2, 0) is 11.3 Å². The van der Waals surface area contributed by atoms with Crippen molar-refractivity contribution >= 4 is 0 Å². The maximum atomic E-state index is 6.29. The molecule has 1 aliphatic rings. The van der Waals surface area contributed by atoms with E-state index in [1.807, 2.05) is 0 Å². The van der Waals surface area contributed by atoms with Gasteiger partial charge in [0, 0.05) is 6.54 Å². The summed E-state index contributed by atoms with van der Waals surface area (Å²) in [6, 6.07) is 8.46. The number of ether oxygens (including phenoxy) is 1. The zero-order chi connectivity index (χ0) is 14.4. The molecule has 0 aromatic heterocycles. The molecule has 1 aromatic rings. The molecule has 0 aliphatic heterocycles. The summed E-state index contributed by atoms with van der Waals surface area (Å²) in [6.45, 7) is 5.77. The van der Waals surface area contributed by atoms with Crippen LogP contribution in [0.2, 0.25) is 0 Å². The minimum absolute atomic E-state index is 0.0769. The van der Waals surface area contributed by atoms with Crippen LogP contribution in [-0.4, -0.2) is 12.1 Å². The van der Waals surface area contributed by atoms with Gasteiger partial charge in [0.25, 0.3) is 0 Å². The summed E-state index contributed by atoms with van der Waals surface area (Å²) in [4.78, 5) is 0. The molecule has 112 valence electrons. The van der Waals surface area contributed by atoms with E-state index in [1.54, 1.807) is 0 Å². The summed E-state index contributed by atoms with van der Waals surface area (Å²) < 4.78 is 6.29. The molecule has 1 saturated carbocycles. The summed E-state index contributed by atoms with van der Waals surface area (Å²) >= 11 is 0. The van der Waals surface area contributed by atoms with Crippen LogP contribution in [0.5, 0.6) is 0 Å². The quantitative estimate of drug-likeness (QED) is 0.844. The Balaban J connectivity index is 1.91. The molecule has 0 radical (unpaired) electrons. The Morgan fingerprint density at radius 1 is 1.25 bits per heavy atom. The SMILES string of the molecule is CCCC1CCC(CN)(OCc2ccccc2C)CC1. The van der Waals surface area contributed by atoms with E-state index in [0.29, 0.717) is 13.2 Å². The van der Waals surface area contributed by atoms with Gasteiger partial charge in [-0.1, -0.05) is 44.0 Å². The van der Waals surface area contributed by atoms with Gasteiger partial charge in [0.2, 0.25) is 0 Å². The molecule has 0 bridgehead atoms. The van der Waals surface area contributed by atoms with E-state index >= 15 is 0 Å². The first-order valence-electron chi connectivity index (χ1n) is 8.07. The van der Waals surface area contributed by atoms with E-state index in [9.17, 15) is 0 Å². The van der Waals surface area contributed by atoms with Gasteiger partial charge in [-0.05, 0) is 49.7 Å². The summed E-state index contributed by atoms with van der Waals surface area (Å²) in [5.41, 5.74) is 8.55. The van der Waals surface area contributed by atoms with Crippen molar-refractivity contribution in [2.75, 3.05) is 6.54 Å². The van der Waals surface area contributed by atoms with E-state index < -0.39 is 0 Å². The molecule has 0 heterocycles. The normalized spacial score (nSPS) is 26.6. The molecular weight excluding hydrogens is 246 g/mol. The van der Waals surface area contributed by atoms with Crippen molar-refractivity contribution in [1.29, 1.82) is 0 Å². The summed E-state index contributed by atoms with van der Waals surface area (Å²) in [7, 11) is 0. The molecular formula is C18H29NO. The first-order valence-corrected chi connectivity index (χ1v) is 8.07. The Bertz CT molecular complexity index is 408. The molecule has 2 nitrogen and oxygen atoms in total. The molecule has 1 aliphatic carbocycles. The number of nitrogens with two attached hydrogens (primary N) is 1. The van der Waals surface area contributed by atoms with Crippen LogP contribution in [0.15, 0.2) is 24.3 Å². The smallest absolute Gasteiger partial charge is 0.0808 e. The van der Waals surface area contributed by atoms with Crippen LogP contribution >= 0.6 is 0 Å². The van der Waals surface area contributed by atoms with Crippen molar-refractivity contribution in [3.8, 4) is 0 Å². The second kappa shape index (κ2) is 7.24. The molecule has 20 heavy (non-hydrogen) atoms. The van der Waals surface area contributed by atoms with Crippen molar-refractivity contribution in [3.63, 3.8) is 0 Å². The molecule has 1 aromatic carbocycles. The average Bonchev–Trinajstić information content (AvgIpc) is 2.49. The molecule has 0 saturated heterocycles. The van der Waals surface area contributed by atoms with Gasteiger partial charge >= 0.3 is 0 Å². The van der Waals surface area contributed by atoms with Gasteiger partial charge in [-0.25, -0.2) is 0 Å². The Morgan fingerprint density at radius 3 is 2.55 bits per heavy atom. The second-order valence-corrected chi connectivity index (χ2v) is 6.33. The van der Waals surface area contributed by atoms with Gasteiger partial charge in [0.05, 0.1) is 12.2 Å². The largest absolute Gasteiger partial charge is 0.369 e. The minimum Gasteiger partial charge on any atom is -0.369 e. The van der Waals surface area contributed by atoms with Crippen LogP contribution in [0.1, 0.15) is 56.6 Å². The average molecular weight is 275 g/mol. The second-order valence-electron chi connectivity index (χ2n) is 6.33. The van der Waals surface area contributed by atoms with Crippen molar-refractivity contribution in [1.82, 2.24) is 0 Å². The molecule has 0 amide bonds. The van der Waals surface area contributed by atoms with Crippen LogP contribution in [0.4, 0.5) is 0 Å². The Hall–Kier alpha value is -0.860. The maximum absolute atomic E-state index is 6.29. The first-order chi connectivity index (χ1) is 9.69. The Morgan fingerprint density at radius 2 is 1.95 bits per heavy atom. The highest BCUT2D eigenvalue weighted by molar-refractivity contribution is 5.24. The van der Waals surface area contributed by atoms with Crippen molar-refractivity contribution < 1.29 is 4.74 Å². The Kier molecular flexibility index (Phi) is 5.62. The fourth-order valence-corrected chi connectivity index (χ4v) is 3.31. The van der Waals surface area contributed by atoms with Gasteiger partial charge in [-0.3, -0.25) is 0 Å². The lowest BCUT2D eigenvalue weighted by atomic mass is 9.77. The van der Waals surface area contributed by atoms with Gasteiger partial charge in [-0.2, -0.15) is 0 Å². The van der Waals surface area contributed by atoms with Crippen molar-refractivity contribution in [2.24, 2.45) is 11.7 Å². The minimum atomic E-state index is -0.0769. The fourth-order valence-electron chi connectivity index (χ4n) is 3.31. The Labute approximate surface area is 123 Å². The zero-order valence-corrected chi connectivity index (χ0v) is 13.0. The van der Waals surface area contributed by atoms with Gasteiger partial charge < -0.3 is 10.5 Å². The van der Waals surface area contributed by atoms with Crippen LogP contribution in [0, 0.1) is 12.8 Å². The van der Waals surface area contributed by atoms with Crippen LogP contribution < -0.4 is 5.73 Å². The highest BCUT2D eigenvalue weighted by Gasteiger charge is 2.34. The molecule has 2 heteroatoms. The molecule has 0 atom stereocenters. The topological polar surface area (TPSA) is 35.2 Å². The van der Waals surface area contributed by atoms with Crippen molar-refractivity contribution in [3.05, 3.63) is 35.4 Å². The lowest BCUT2D eigenvalue weighted by Gasteiger charge is -2.39.